The monoisotopic (exact) mass is 293 g/mol. The number of para-hydroxylation sites is 1. The molecule has 0 unspecified atom stereocenters. The Morgan fingerprint density at radius 2 is 1.57 bits per heavy atom. The summed E-state index contributed by atoms with van der Waals surface area (Å²) in [5.41, 5.74) is 8.83. The summed E-state index contributed by atoms with van der Waals surface area (Å²) in [4.78, 5) is 0.771. The van der Waals surface area contributed by atoms with Crippen molar-refractivity contribution in [1.29, 1.82) is 5.41 Å². The van der Waals surface area contributed by atoms with E-state index in [0.717, 1.165) is 26.7 Å². The van der Waals surface area contributed by atoms with E-state index in [2.05, 4.69) is 17.4 Å². The van der Waals surface area contributed by atoms with E-state index in [1.165, 1.54) is 11.3 Å². The Bertz CT molecular complexity index is 748. The standard InChI is InChI=1S/C17H15N3S/c18-16(19)15-11-14(12-7-3-1-4-8-12)17(21-15)20-13-9-5-2-6-10-13/h1-11,20H,(H3,18,19). The first-order valence-corrected chi connectivity index (χ1v) is 7.41. The van der Waals surface area contributed by atoms with Gasteiger partial charge >= 0.3 is 0 Å². The van der Waals surface area contributed by atoms with Crippen molar-refractivity contribution in [2.45, 2.75) is 0 Å². The molecule has 2 aromatic carbocycles. The van der Waals surface area contributed by atoms with Crippen LogP contribution in [0.4, 0.5) is 10.7 Å². The lowest BCUT2D eigenvalue weighted by Gasteiger charge is -2.07. The van der Waals surface area contributed by atoms with Gasteiger partial charge in [-0.1, -0.05) is 48.5 Å². The van der Waals surface area contributed by atoms with Crippen LogP contribution in [0.3, 0.4) is 0 Å². The molecule has 1 aromatic heterocycles. The third-order valence-corrected chi connectivity index (χ3v) is 4.20. The maximum Gasteiger partial charge on any atom is 0.133 e. The lowest BCUT2D eigenvalue weighted by atomic mass is 10.1. The minimum Gasteiger partial charge on any atom is -0.383 e. The van der Waals surface area contributed by atoms with E-state index >= 15 is 0 Å². The molecule has 104 valence electrons. The third kappa shape index (κ3) is 2.95. The number of nitrogens with one attached hydrogen (secondary N) is 2. The predicted octanol–water partition coefficient (Wildman–Crippen LogP) is 4.44. The Labute approximate surface area is 127 Å². The zero-order valence-corrected chi connectivity index (χ0v) is 12.2. The van der Waals surface area contributed by atoms with E-state index in [-0.39, 0.29) is 5.84 Å². The van der Waals surface area contributed by atoms with Gasteiger partial charge < -0.3 is 11.1 Å². The predicted molar refractivity (Wildman–Crippen MR) is 90.5 cm³/mol. The fraction of sp³-hybridized carbons (Fsp3) is 0. The van der Waals surface area contributed by atoms with Crippen molar-refractivity contribution in [3.05, 3.63) is 71.6 Å². The zero-order valence-electron chi connectivity index (χ0n) is 11.3. The van der Waals surface area contributed by atoms with Gasteiger partial charge in [0.15, 0.2) is 0 Å². The second-order valence-electron chi connectivity index (χ2n) is 4.62. The molecule has 0 atom stereocenters. The number of amidine groups is 1. The van der Waals surface area contributed by atoms with Crippen molar-refractivity contribution in [1.82, 2.24) is 0 Å². The van der Waals surface area contributed by atoms with E-state index in [4.69, 9.17) is 11.1 Å². The van der Waals surface area contributed by atoms with Gasteiger partial charge in [0.05, 0.1) is 4.88 Å². The first-order chi connectivity index (χ1) is 10.2. The Hall–Kier alpha value is -2.59. The molecule has 0 saturated carbocycles. The van der Waals surface area contributed by atoms with Gasteiger partial charge in [-0.05, 0) is 23.8 Å². The summed E-state index contributed by atoms with van der Waals surface area (Å²) in [7, 11) is 0. The second kappa shape index (κ2) is 5.81. The van der Waals surface area contributed by atoms with Gasteiger partial charge in [0.1, 0.15) is 10.8 Å². The van der Waals surface area contributed by atoms with Gasteiger partial charge in [-0.3, -0.25) is 5.41 Å². The Morgan fingerprint density at radius 1 is 0.952 bits per heavy atom. The normalized spacial score (nSPS) is 10.3. The van der Waals surface area contributed by atoms with Gasteiger partial charge in [-0.2, -0.15) is 0 Å². The highest BCUT2D eigenvalue weighted by molar-refractivity contribution is 7.18. The third-order valence-electron chi connectivity index (χ3n) is 3.11. The number of nitrogen functional groups attached to an aromatic ring is 1. The van der Waals surface area contributed by atoms with Crippen LogP contribution in [-0.2, 0) is 0 Å². The molecular formula is C17H15N3S. The SMILES string of the molecule is N=C(N)c1cc(-c2ccccc2)c(Nc2ccccc2)s1. The molecular weight excluding hydrogens is 278 g/mol. The van der Waals surface area contributed by atoms with E-state index < -0.39 is 0 Å². The fourth-order valence-corrected chi connectivity index (χ4v) is 3.06. The fourth-order valence-electron chi connectivity index (χ4n) is 2.10. The van der Waals surface area contributed by atoms with Crippen LogP contribution in [0.25, 0.3) is 11.1 Å². The van der Waals surface area contributed by atoms with E-state index in [1.54, 1.807) is 0 Å². The van der Waals surface area contributed by atoms with Crippen LogP contribution in [0.5, 0.6) is 0 Å². The van der Waals surface area contributed by atoms with Gasteiger partial charge in [0.25, 0.3) is 0 Å². The summed E-state index contributed by atoms with van der Waals surface area (Å²) < 4.78 is 0. The number of nitrogens with two attached hydrogens (primary N) is 1. The summed E-state index contributed by atoms with van der Waals surface area (Å²) in [5, 5.41) is 12.1. The van der Waals surface area contributed by atoms with Crippen LogP contribution in [0, 0.1) is 5.41 Å². The van der Waals surface area contributed by atoms with Crippen LogP contribution in [-0.4, -0.2) is 5.84 Å². The molecule has 1 heterocycles. The topological polar surface area (TPSA) is 61.9 Å². The summed E-state index contributed by atoms with van der Waals surface area (Å²) in [6, 6.07) is 22.1. The smallest absolute Gasteiger partial charge is 0.133 e. The van der Waals surface area contributed by atoms with Gasteiger partial charge in [-0.15, -0.1) is 11.3 Å². The number of hydrogen-bond acceptors (Lipinski definition) is 3. The Kier molecular flexibility index (Phi) is 3.71. The molecule has 0 amide bonds. The quantitative estimate of drug-likeness (QED) is 0.492. The number of thiophene rings is 1. The van der Waals surface area contributed by atoms with Gasteiger partial charge in [0, 0.05) is 11.3 Å². The summed E-state index contributed by atoms with van der Waals surface area (Å²) in [6.45, 7) is 0. The molecule has 3 nitrogen and oxygen atoms in total. The first kappa shape index (κ1) is 13.4. The number of hydrogen-bond donors (Lipinski definition) is 3. The molecule has 0 fully saturated rings. The molecule has 0 bridgehead atoms. The molecule has 0 saturated heterocycles. The zero-order chi connectivity index (χ0) is 14.7. The van der Waals surface area contributed by atoms with Crippen LogP contribution in [0.1, 0.15) is 4.88 Å². The molecule has 3 aromatic rings. The van der Waals surface area contributed by atoms with Crippen molar-refractivity contribution in [3.8, 4) is 11.1 Å². The molecule has 21 heavy (non-hydrogen) atoms. The molecule has 4 heteroatoms. The van der Waals surface area contributed by atoms with E-state index in [9.17, 15) is 0 Å². The minimum atomic E-state index is 0.0956. The van der Waals surface area contributed by atoms with E-state index in [0.29, 0.717) is 0 Å². The molecule has 0 aliphatic heterocycles. The highest BCUT2D eigenvalue weighted by Crippen LogP contribution is 2.37. The lowest BCUT2D eigenvalue weighted by Crippen LogP contribution is -2.08. The Balaban J connectivity index is 2.04. The molecule has 0 aliphatic rings. The summed E-state index contributed by atoms with van der Waals surface area (Å²) in [6.07, 6.45) is 0. The average molecular weight is 293 g/mol. The van der Waals surface area contributed by atoms with Crippen LogP contribution in [0.15, 0.2) is 66.7 Å². The van der Waals surface area contributed by atoms with Gasteiger partial charge in [0.2, 0.25) is 0 Å². The first-order valence-electron chi connectivity index (χ1n) is 6.60. The van der Waals surface area contributed by atoms with Crippen molar-refractivity contribution >= 4 is 27.9 Å². The highest BCUT2D eigenvalue weighted by atomic mass is 32.1. The largest absolute Gasteiger partial charge is 0.383 e. The summed E-state index contributed by atoms with van der Waals surface area (Å²) in [5.74, 6) is 0.0956. The van der Waals surface area contributed by atoms with Crippen molar-refractivity contribution in [3.63, 3.8) is 0 Å². The lowest BCUT2D eigenvalue weighted by molar-refractivity contribution is 1.45. The molecule has 0 radical (unpaired) electrons. The molecule has 4 N–H and O–H groups in total. The van der Waals surface area contributed by atoms with Crippen LogP contribution < -0.4 is 11.1 Å². The second-order valence-corrected chi connectivity index (χ2v) is 5.68. The minimum absolute atomic E-state index is 0.0956. The highest BCUT2D eigenvalue weighted by Gasteiger charge is 2.12. The Morgan fingerprint density at radius 3 is 2.19 bits per heavy atom. The summed E-state index contributed by atoms with van der Waals surface area (Å²) >= 11 is 1.50. The average Bonchev–Trinajstić information content (AvgIpc) is 2.93. The number of rotatable bonds is 4. The van der Waals surface area contributed by atoms with Crippen molar-refractivity contribution in [2.24, 2.45) is 5.73 Å². The maximum absolute atomic E-state index is 7.65. The van der Waals surface area contributed by atoms with Crippen molar-refractivity contribution in [2.75, 3.05) is 5.32 Å². The molecule has 0 spiro atoms. The van der Waals surface area contributed by atoms with Gasteiger partial charge in [-0.25, -0.2) is 0 Å². The maximum atomic E-state index is 7.65. The number of anilines is 2. The van der Waals surface area contributed by atoms with E-state index in [1.807, 2.05) is 54.6 Å². The van der Waals surface area contributed by atoms with Crippen LogP contribution in [0.2, 0.25) is 0 Å². The number of benzene rings is 2. The van der Waals surface area contributed by atoms with Crippen molar-refractivity contribution < 1.29 is 0 Å². The molecule has 3 rings (SSSR count). The molecule has 0 aliphatic carbocycles. The van der Waals surface area contributed by atoms with Crippen LogP contribution >= 0.6 is 11.3 Å².